The second kappa shape index (κ2) is 6.17. The van der Waals surface area contributed by atoms with E-state index in [4.69, 9.17) is 11.6 Å². The van der Waals surface area contributed by atoms with Gasteiger partial charge in [-0.05, 0) is 49.1 Å². The van der Waals surface area contributed by atoms with E-state index in [1.165, 1.54) is 17.5 Å². The van der Waals surface area contributed by atoms with Gasteiger partial charge in [0.2, 0.25) is 5.91 Å². The van der Waals surface area contributed by atoms with Gasteiger partial charge in [-0.15, -0.1) is 11.6 Å². The lowest BCUT2D eigenvalue weighted by atomic mass is 9.83. The summed E-state index contributed by atoms with van der Waals surface area (Å²) >= 11 is 5.97. The van der Waals surface area contributed by atoms with Crippen LogP contribution in [0, 0.1) is 11.8 Å². The summed E-state index contributed by atoms with van der Waals surface area (Å²) in [6.45, 7) is 1.78. The molecule has 3 rings (SSSR count). The standard InChI is InChI=1S/C17H22ClNO/c18-11-13-4-3-9-19(12-13)17(20)16-8-7-14-5-1-2-6-15(14)10-16/h1-2,5-6,13,16H,3-4,7-12H2. The normalized spacial score (nSPS) is 26.1. The number of hydrogen-bond donors (Lipinski definition) is 0. The van der Waals surface area contributed by atoms with Crippen LogP contribution in [0.4, 0.5) is 0 Å². The molecular weight excluding hydrogens is 270 g/mol. The number of halogens is 1. The van der Waals surface area contributed by atoms with E-state index in [1.807, 2.05) is 0 Å². The molecule has 2 nitrogen and oxygen atoms in total. The van der Waals surface area contributed by atoms with Crippen LogP contribution in [0.2, 0.25) is 0 Å². The molecule has 0 radical (unpaired) electrons. The Hall–Kier alpha value is -1.02. The summed E-state index contributed by atoms with van der Waals surface area (Å²) in [7, 11) is 0. The van der Waals surface area contributed by atoms with Gasteiger partial charge in [-0.3, -0.25) is 4.79 Å². The summed E-state index contributed by atoms with van der Waals surface area (Å²) < 4.78 is 0. The highest BCUT2D eigenvalue weighted by molar-refractivity contribution is 6.18. The Morgan fingerprint density at radius 2 is 2.05 bits per heavy atom. The second-order valence-electron chi connectivity index (χ2n) is 6.16. The molecule has 0 N–H and O–H groups in total. The number of hydrogen-bond acceptors (Lipinski definition) is 1. The number of amides is 1. The average Bonchev–Trinajstić information content (AvgIpc) is 2.53. The highest BCUT2D eigenvalue weighted by Crippen LogP contribution is 2.28. The summed E-state index contributed by atoms with van der Waals surface area (Å²) in [4.78, 5) is 14.8. The summed E-state index contributed by atoms with van der Waals surface area (Å²) in [6, 6.07) is 8.54. The van der Waals surface area contributed by atoms with E-state index in [0.717, 1.165) is 38.8 Å². The van der Waals surface area contributed by atoms with E-state index in [9.17, 15) is 4.79 Å². The molecule has 2 atom stereocenters. The Balaban J connectivity index is 1.67. The van der Waals surface area contributed by atoms with Crippen molar-refractivity contribution < 1.29 is 4.79 Å². The third kappa shape index (κ3) is 2.85. The van der Waals surface area contributed by atoms with Gasteiger partial charge in [0, 0.05) is 24.9 Å². The number of benzene rings is 1. The number of carbonyl (C=O) groups is 1. The van der Waals surface area contributed by atoms with Crippen LogP contribution in [-0.2, 0) is 17.6 Å². The molecule has 1 amide bonds. The maximum atomic E-state index is 12.7. The van der Waals surface area contributed by atoms with Gasteiger partial charge in [-0.2, -0.15) is 0 Å². The van der Waals surface area contributed by atoms with Crippen molar-refractivity contribution in [2.75, 3.05) is 19.0 Å². The molecular formula is C17H22ClNO. The predicted octanol–water partition coefficient (Wildman–Crippen LogP) is 3.27. The predicted molar refractivity (Wildman–Crippen MR) is 82.0 cm³/mol. The zero-order valence-corrected chi connectivity index (χ0v) is 12.6. The Kier molecular flexibility index (Phi) is 4.30. The third-order valence-electron chi connectivity index (χ3n) is 4.74. The van der Waals surface area contributed by atoms with Gasteiger partial charge >= 0.3 is 0 Å². The maximum absolute atomic E-state index is 12.7. The smallest absolute Gasteiger partial charge is 0.226 e. The Morgan fingerprint density at radius 3 is 2.85 bits per heavy atom. The lowest BCUT2D eigenvalue weighted by molar-refractivity contribution is -0.137. The van der Waals surface area contributed by atoms with Crippen LogP contribution in [0.5, 0.6) is 0 Å². The number of piperidine rings is 1. The molecule has 20 heavy (non-hydrogen) atoms. The Morgan fingerprint density at radius 1 is 1.25 bits per heavy atom. The van der Waals surface area contributed by atoms with Gasteiger partial charge in [0.15, 0.2) is 0 Å². The number of fused-ring (bicyclic) bond motifs is 1. The molecule has 1 aliphatic carbocycles. The molecule has 0 spiro atoms. The number of carbonyl (C=O) groups excluding carboxylic acids is 1. The van der Waals surface area contributed by atoms with Crippen LogP contribution >= 0.6 is 11.6 Å². The van der Waals surface area contributed by atoms with Crippen molar-refractivity contribution >= 4 is 17.5 Å². The van der Waals surface area contributed by atoms with E-state index < -0.39 is 0 Å². The van der Waals surface area contributed by atoms with Crippen molar-refractivity contribution in [1.29, 1.82) is 0 Å². The van der Waals surface area contributed by atoms with Crippen molar-refractivity contribution in [3.8, 4) is 0 Å². The molecule has 1 fully saturated rings. The van der Waals surface area contributed by atoms with Crippen molar-refractivity contribution in [1.82, 2.24) is 4.90 Å². The average molecular weight is 292 g/mol. The zero-order valence-electron chi connectivity index (χ0n) is 11.9. The molecule has 1 aliphatic heterocycles. The monoisotopic (exact) mass is 291 g/mol. The summed E-state index contributed by atoms with van der Waals surface area (Å²) in [5, 5.41) is 0. The third-order valence-corrected chi connectivity index (χ3v) is 5.18. The summed E-state index contributed by atoms with van der Waals surface area (Å²) in [5.41, 5.74) is 2.79. The van der Waals surface area contributed by atoms with Crippen LogP contribution in [0.3, 0.4) is 0 Å². The molecule has 0 bridgehead atoms. The number of likely N-dealkylation sites (tertiary alicyclic amines) is 1. The van der Waals surface area contributed by atoms with Crippen molar-refractivity contribution in [2.45, 2.75) is 32.1 Å². The van der Waals surface area contributed by atoms with Crippen LogP contribution in [-0.4, -0.2) is 29.8 Å². The van der Waals surface area contributed by atoms with E-state index in [1.54, 1.807) is 0 Å². The molecule has 1 aromatic rings. The lowest BCUT2D eigenvalue weighted by Crippen LogP contribution is -2.44. The number of alkyl halides is 1. The highest BCUT2D eigenvalue weighted by Gasteiger charge is 2.30. The fourth-order valence-corrected chi connectivity index (χ4v) is 3.81. The largest absolute Gasteiger partial charge is 0.342 e. The van der Waals surface area contributed by atoms with Gasteiger partial charge in [0.1, 0.15) is 0 Å². The number of rotatable bonds is 2. The molecule has 2 unspecified atom stereocenters. The first-order valence-electron chi connectivity index (χ1n) is 7.69. The van der Waals surface area contributed by atoms with Crippen molar-refractivity contribution in [2.24, 2.45) is 11.8 Å². The molecule has 2 aliphatic rings. The quantitative estimate of drug-likeness (QED) is 0.766. The Labute approximate surface area is 126 Å². The fraction of sp³-hybridized carbons (Fsp3) is 0.588. The van der Waals surface area contributed by atoms with E-state index >= 15 is 0 Å². The van der Waals surface area contributed by atoms with E-state index in [2.05, 4.69) is 29.2 Å². The van der Waals surface area contributed by atoms with Crippen molar-refractivity contribution in [3.05, 3.63) is 35.4 Å². The van der Waals surface area contributed by atoms with E-state index in [0.29, 0.717) is 17.7 Å². The van der Waals surface area contributed by atoms with Gasteiger partial charge in [0.05, 0.1) is 0 Å². The minimum atomic E-state index is 0.180. The van der Waals surface area contributed by atoms with Gasteiger partial charge in [-0.1, -0.05) is 24.3 Å². The Bertz CT molecular complexity index is 488. The molecule has 108 valence electrons. The molecule has 0 saturated carbocycles. The molecule has 3 heteroatoms. The van der Waals surface area contributed by atoms with Gasteiger partial charge in [0.25, 0.3) is 0 Å². The zero-order chi connectivity index (χ0) is 13.9. The minimum absolute atomic E-state index is 0.180. The van der Waals surface area contributed by atoms with Crippen LogP contribution in [0.25, 0.3) is 0 Å². The van der Waals surface area contributed by atoms with E-state index in [-0.39, 0.29) is 5.92 Å². The number of aryl methyl sites for hydroxylation is 1. The topological polar surface area (TPSA) is 20.3 Å². The van der Waals surface area contributed by atoms with Crippen LogP contribution < -0.4 is 0 Å². The first-order valence-corrected chi connectivity index (χ1v) is 8.23. The molecule has 1 saturated heterocycles. The first-order chi connectivity index (χ1) is 9.78. The van der Waals surface area contributed by atoms with Crippen molar-refractivity contribution in [3.63, 3.8) is 0 Å². The molecule has 1 heterocycles. The maximum Gasteiger partial charge on any atom is 0.226 e. The molecule has 1 aromatic carbocycles. The van der Waals surface area contributed by atoms with Gasteiger partial charge < -0.3 is 4.90 Å². The van der Waals surface area contributed by atoms with Gasteiger partial charge in [-0.25, -0.2) is 0 Å². The second-order valence-corrected chi connectivity index (χ2v) is 6.46. The molecule has 0 aromatic heterocycles. The summed E-state index contributed by atoms with van der Waals surface area (Å²) in [5.74, 6) is 1.70. The first kappa shape index (κ1) is 13.9. The fourth-order valence-electron chi connectivity index (χ4n) is 3.56. The minimum Gasteiger partial charge on any atom is -0.342 e. The SMILES string of the molecule is O=C(C1CCc2ccccc2C1)N1CCCC(CCl)C1. The lowest BCUT2D eigenvalue weighted by Gasteiger charge is -2.35. The van der Waals surface area contributed by atoms with Crippen LogP contribution in [0.1, 0.15) is 30.4 Å². The van der Waals surface area contributed by atoms with Crippen LogP contribution in [0.15, 0.2) is 24.3 Å². The summed E-state index contributed by atoms with van der Waals surface area (Å²) in [6.07, 6.45) is 5.22. The number of nitrogens with zero attached hydrogens (tertiary/aromatic N) is 1. The highest BCUT2D eigenvalue weighted by atomic mass is 35.5.